The average molecular weight is 687 g/mol. The fourth-order valence-electron chi connectivity index (χ4n) is 8.68. The van der Waals surface area contributed by atoms with Gasteiger partial charge >= 0.3 is 0 Å². The maximum Gasteiger partial charge on any atom is 0.0547 e. The summed E-state index contributed by atoms with van der Waals surface area (Å²) in [5.74, 6) is 0. The van der Waals surface area contributed by atoms with Crippen molar-refractivity contribution in [1.29, 1.82) is 0 Å². The molecule has 0 aliphatic rings. The third kappa shape index (κ3) is 4.74. The molecule has 0 aliphatic heterocycles. The van der Waals surface area contributed by atoms with E-state index in [0.717, 1.165) is 22.7 Å². The molecule has 252 valence electrons. The molecule has 0 unspecified atom stereocenters. The van der Waals surface area contributed by atoms with Gasteiger partial charge in [0, 0.05) is 33.5 Å². The van der Waals surface area contributed by atoms with Crippen LogP contribution in [0.3, 0.4) is 0 Å². The summed E-state index contributed by atoms with van der Waals surface area (Å²) >= 11 is 0. The van der Waals surface area contributed by atoms with Crippen molar-refractivity contribution >= 4 is 82.0 Å². The Morgan fingerprint density at radius 1 is 0.296 bits per heavy atom. The molecule has 0 saturated carbocycles. The lowest BCUT2D eigenvalue weighted by molar-refractivity contribution is 1.18. The largest absolute Gasteiger partial charge is 0.310 e. The molecule has 2 nitrogen and oxygen atoms in total. The van der Waals surface area contributed by atoms with Gasteiger partial charge in [-0.15, -0.1) is 0 Å². The number of para-hydroxylation sites is 3. The van der Waals surface area contributed by atoms with Crippen molar-refractivity contribution in [2.24, 2.45) is 0 Å². The molecule has 0 radical (unpaired) electrons. The molecule has 1 aromatic heterocycles. The lowest BCUT2D eigenvalue weighted by Gasteiger charge is -2.26. The first-order valence-electron chi connectivity index (χ1n) is 18.6. The van der Waals surface area contributed by atoms with E-state index in [1.807, 2.05) is 0 Å². The van der Waals surface area contributed by atoms with Gasteiger partial charge in [0.05, 0.1) is 11.0 Å². The minimum atomic E-state index is 1.13. The van der Waals surface area contributed by atoms with Gasteiger partial charge in [0.15, 0.2) is 0 Å². The van der Waals surface area contributed by atoms with Crippen LogP contribution in [0.2, 0.25) is 0 Å². The number of rotatable bonds is 5. The van der Waals surface area contributed by atoms with Crippen LogP contribution in [0.4, 0.5) is 17.1 Å². The topological polar surface area (TPSA) is 8.17 Å². The molecular weight excluding hydrogens is 653 g/mol. The molecule has 2 heteroatoms. The third-order valence-corrected chi connectivity index (χ3v) is 11.1. The lowest BCUT2D eigenvalue weighted by Crippen LogP contribution is -2.09. The fourth-order valence-corrected chi connectivity index (χ4v) is 8.68. The standard InChI is InChI=1S/C52H34N2/c1-4-14-35(15-5-1)36-24-27-40(28-25-36)54-50-23-13-12-22-45(50)52-46-34-49-44-30-29-41(53(38-16-6-2-7-17-38)39-18-8-3-9-19-39)33-48(44)43-21-11-10-20-42(43)47(49)32-37(46)26-31-51(52)54/h1-34H. The fraction of sp³-hybridized carbons (Fsp3) is 0. The van der Waals surface area contributed by atoms with Gasteiger partial charge in [0.2, 0.25) is 0 Å². The van der Waals surface area contributed by atoms with Crippen LogP contribution >= 0.6 is 0 Å². The summed E-state index contributed by atoms with van der Waals surface area (Å²) in [6, 6.07) is 75.1. The Balaban J connectivity index is 1.17. The Morgan fingerprint density at radius 2 is 0.833 bits per heavy atom. The van der Waals surface area contributed by atoms with Crippen LogP contribution in [0.5, 0.6) is 0 Å². The second kappa shape index (κ2) is 12.2. The predicted octanol–water partition coefficient (Wildman–Crippen LogP) is 14.5. The number of nitrogens with zero attached hydrogens (tertiary/aromatic N) is 2. The Labute approximate surface area is 313 Å². The Bertz CT molecular complexity index is 3140. The van der Waals surface area contributed by atoms with E-state index in [-0.39, 0.29) is 0 Å². The number of anilines is 3. The highest BCUT2D eigenvalue weighted by Crippen LogP contribution is 2.44. The smallest absolute Gasteiger partial charge is 0.0547 e. The highest BCUT2D eigenvalue weighted by Gasteiger charge is 2.19. The molecule has 0 aliphatic carbocycles. The number of fused-ring (bicyclic) bond motifs is 11. The van der Waals surface area contributed by atoms with Gasteiger partial charge in [-0.25, -0.2) is 0 Å². The number of aromatic nitrogens is 1. The number of benzene rings is 10. The predicted molar refractivity (Wildman–Crippen MR) is 231 cm³/mol. The van der Waals surface area contributed by atoms with E-state index in [4.69, 9.17) is 0 Å². The van der Waals surface area contributed by atoms with Gasteiger partial charge in [-0.1, -0.05) is 133 Å². The Morgan fingerprint density at radius 3 is 1.52 bits per heavy atom. The third-order valence-electron chi connectivity index (χ3n) is 11.1. The minimum Gasteiger partial charge on any atom is -0.310 e. The maximum atomic E-state index is 2.46. The van der Waals surface area contributed by atoms with Crippen LogP contribution in [-0.2, 0) is 0 Å². The summed E-state index contributed by atoms with van der Waals surface area (Å²) in [5, 5.41) is 12.7. The van der Waals surface area contributed by atoms with Crippen LogP contribution in [0, 0.1) is 0 Å². The Hall–Kier alpha value is -7.16. The van der Waals surface area contributed by atoms with Crippen molar-refractivity contribution in [2.45, 2.75) is 0 Å². The van der Waals surface area contributed by atoms with Gasteiger partial charge < -0.3 is 9.47 Å². The molecule has 1 heterocycles. The van der Waals surface area contributed by atoms with Gasteiger partial charge in [-0.05, 0) is 127 Å². The summed E-state index contributed by atoms with van der Waals surface area (Å²) < 4.78 is 2.43. The first kappa shape index (κ1) is 30.5. The van der Waals surface area contributed by atoms with Crippen LogP contribution in [0.1, 0.15) is 0 Å². The molecule has 54 heavy (non-hydrogen) atoms. The molecule has 0 spiro atoms. The van der Waals surface area contributed by atoms with E-state index in [1.165, 1.54) is 76.0 Å². The van der Waals surface area contributed by atoms with E-state index in [9.17, 15) is 0 Å². The average Bonchev–Trinajstić information content (AvgIpc) is 3.59. The van der Waals surface area contributed by atoms with Crippen LogP contribution < -0.4 is 4.90 Å². The number of hydrogen-bond donors (Lipinski definition) is 0. The molecule has 0 saturated heterocycles. The summed E-state index contributed by atoms with van der Waals surface area (Å²) in [4.78, 5) is 2.35. The first-order valence-corrected chi connectivity index (χ1v) is 18.6. The lowest BCUT2D eigenvalue weighted by atomic mass is 9.91. The molecule has 0 N–H and O–H groups in total. The van der Waals surface area contributed by atoms with Crippen molar-refractivity contribution in [2.75, 3.05) is 4.90 Å². The van der Waals surface area contributed by atoms with Crippen molar-refractivity contribution < 1.29 is 0 Å². The van der Waals surface area contributed by atoms with Crippen molar-refractivity contribution in [3.8, 4) is 16.8 Å². The first-order chi connectivity index (χ1) is 26.8. The van der Waals surface area contributed by atoms with Gasteiger partial charge in [-0.2, -0.15) is 0 Å². The molecule has 10 aromatic carbocycles. The molecular formula is C52H34N2. The SMILES string of the molecule is c1ccc(-c2ccc(-n3c4ccccc4c4c5cc6c7ccc(N(c8ccccc8)c8ccccc8)cc7c7ccccc7c6cc5ccc43)cc2)cc1. The summed E-state index contributed by atoms with van der Waals surface area (Å²) in [6.45, 7) is 0. The maximum absolute atomic E-state index is 2.46. The van der Waals surface area contributed by atoms with E-state index in [0.29, 0.717) is 0 Å². The van der Waals surface area contributed by atoms with Gasteiger partial charge in [0.25, 0.3) is 0 Å². The van der Waals surface area contributed by atoms with Gasteiger partial charge in [-0.3, -0.25) is 0 Å². The second-order valence-electron chi connectivity index (χ2n) is 14.1. The quantitative estimate of drug-likeness (QED) is 0.129. The van der Waals surface area contributed by atoms with Gasteiger partial charge in [0.1, 0.15) is 0 Å². The zero-order valence-electron chi connectivity index (χ0n) is 29.5. The van der Waals surface area contributed by atoms with E-state index in [1.54, 1.807) is 0 Å². The monoisotopic (exact) mass is 686 g/mol. The summed E-state index contributed by atoms with van der Waals surface area (Å²) in [5.41, 5.74) is 9.42. The van der Waals surface area contributed by atoms with Crippen molar-refractivity contribution in [3.63, 3.8) is 0 Å². The summed E-state index contributed by atoms with van der Waals surface area (Å²) in [6.07, 6.45) is 0. The van der Waals surface area contributed by atoms with Crippen LogP contribution in [0.25, 0.3) is 81.7 Å². The molecule has 11 aromatic rings. The Kier molecular flexibility index (Phi) is 6.90. The minimum absolute atomic E-state index is 1.13. The highest BCUT2D eigenvalue weighted by atomic mass is 15.1. The van der Waals surface area contributed by atoms with E-state index < -0.39 is 0 Å². The molecule has 0 atom stereocenters. The van der Waals surface area contributed by atoms with Crippen LogP contribution in [-0.4, -0.2) is 4.57 Å². The van der Waals surface area contributed by atoms with Crippen molar-refractivity contribution in [3.05, 3.63) is 206 Å². The zero-order chi connectivity index (χ0) is 35.6. The number of hydrogen-bond acceptors (Lipinski definition) is 1. The molecule has 0 amide bonds. The van der Waals surface area contributed by atoms with E-state index in [2.05, 4.69) is 216 Å². The second-order valence-corrected chi connectivity index (χ2v) is 14.1. The zero-order valence-corrected chi connectivity index (χ0v) is 29.5. The normalized spacial score (nSPS) is 11.7. The molecule has 0 bridgehead atoms. The molecule has 0 fully saturated rings. The molecule has 11 rings (SSSR count). The summed E-state index contributed by atoms with van der Waals surface area (Å²) in [7, 11) is 0. The van der Waals surface area contributed by atoms with Crippen molar-refractivity contribution in [1.82, 2.24) is 4.57 Å². The van der Waals surface area contributed by atoms with E-state index >= 15 is 0 Å². The highest BCUT2D eigenvalue weighted by molar-refractivity contribution is 6.30. The van der Waals surface area contributed by atoms with Crippen LogP contribution in [0.15, 0.2) is 206 Å².